The molecule has 1 nitrogen and oxygen atoms in total. The van der Waals surface area contributed by atoms with Crippen LogP contribution in [0, 0.1) is 0 Å². The standard InChI is InChI=1S/C9H17ClO/c1-2-8-11-9-6-4-3-5-7-10/h3-4H,2,5-9H2,1H3/b4-3+. The van der Waals surface area contributed by atoms with E-state index < -0.39 is 0 Å². The summed E-state index contributed by atoms with van der Waals surface area (Å²) in [5, 5.41) is 0. The molecule has 66 valence electrons. The van der Waals surface area contributed by atoms with Gasteiger partial charge in [0.25, 0.3) is 0 Å². The molecule has 0 spiro atoms. The Morgan fingerprint density at radius 2 is 1.91 bits per heavy atom. The zero-order chi connectivity index (χ0) is 8.36. The molecule has 0 aromatic rings. The van der Waals surface area contributed by atoms with Crippen LogP contribution in [0.5, 0.6) is 0 Å². The maximum atomic E-state index is 5.48. The van der Waals surface area contributed by atoms with Crippen LogP contribution < -0.4 is 0 Å². The van der Waals surface area contributed by atoms with Gasteiger partial charge in [0, 0.05) is 12.5 Å². The summed E-state index contributed by atoms with van der Waals surface area (Å²) in [6.45, 7) is 3.83. The third-order valence-electron chi connectivity index (χ3n) is 1.22. The van der Waals surface area contributed by atoms with Crippen LogP contribution in [0.1, 0.15) is 26.2 Å². The topological polar surface area (TPSA) is 9.23 Å². The fourth-order valence-corrected chi connectivity index (χ4v) is 0.822. The van der Waals surface area contributed by atoms with Gasteiger partial charge in [-0.05, 0) is 19.3 Å². The van der Waals surface area contributed by atoms with Crippen molar-refractivity contribution < 1.29 is 4.74 Å². The van der Waals surface area contributed by atoms with Crippen LogP contribution >= 0.6 is 11.6 Å². The van der Waals surface area contributed by atoms with E-state index in [2.05, 4.69) is 19.1 Å². The number of allylic oxidation sites excluding steroid dienone is 1. The van der Waals surface area contributed by atoms with Crippen molar-refractivity contribution in [1.29, 1.82) is 0 Å². The fraction of sp³-hybridized carbons (Fsp3) is 0.778. The van der Waals surface area contributed by atoms with Crippen LogP contribution in [-0.2, 0) is 4.74 Å². The monoisotopic (exact) mass is 176 g/mol. The fourth-order valence-electron chi connectivity index (χ4n) is 0.696. The molecule has 0 amide bonds. The first-order valence-electron chi connectivity index (χ1n) is 4.20. The largest absolute Gasteiger partial charge is 0.381 e. The van der Waals surface area contributed by atoms with Gasteiger partial charge in [0.15, 0.2) is 0 Å². The van der Waals surface area contributed by atoms with Gasteiger partial charge in [0.05, 0.1) is 6.61 Å². The Morgan fingerprint density at radius 1 is 1.18 bits per heavy atom. The van der Waals surface area contributed by atoms with Gasteiger partial charge >= 0.3 is 0 Å². The second-order valence-corrected chi connectivity index (χ2v) is 2.73. The van der Waals surface area contributed by atoms with Gasteiger partial charge in [0.1, 0.15) is 0 Å². The number of ether oxygens (including phenoxy) is 1. The Balaban J connectivity index is 2.89. The lowest BCUT2D eigenvalue weighted by Gasteiger charge is -1.97. The number of rotatable bonds is 7. The van der Waals surface area contributed by atoms with Gasteiger partial charge in [-0.15, -0.1) is 11.6 Å². The highest BCUT2D eigenvalue weighted by atomic mass is 35.5. The van der Waals surface area contributed by atoms with Crippen LogP contribution in [-0.4, -0.2) is 19.1 Å². The van der Waals surface area contributed by atoms with Crippen molar-refractivity contribution in [2.75, 3.05) is 19.1 Å². The average Bonchev–Trinajstić information content (AvgIpc) is 2.03. The first-order valence-corrected chi connectivity index (χ1v) is 4.74. The second-order valence-electron chi connectivity index (χ2n) is 2.35. The van der Waals surface area contributed by atoms with Crippen molar-refractivity contribution in [1.82, 2.24) is 0 Å². The van der Waals surface area contributed by atoms with Crippen LogP contribution in [0.25, 0.3) is 0 Å². The van der Waals surface area contributed by atoms with Crippen molar-refractivity contribution in [3.63, 3.8) is 0 Å². The summed E-state index contributed by atoms with van der Waals surface area (Å²) in [6, 6.07) is 0. The van der Waals surface area contributed by atoms with E-state index in [4.69, 9.17) is 16.3 Å². The van der Waals surface area contributed by atoms with Gasteiger partial charge in [-0.1, -0.05) is 19.1 Å². The van der Waals surface area contributed by atoms with Gasteiger partial charge in [-0.2, -0.15) is 0 Å². The molecule has 0 aliphatic heterocycles. The van der Waals surface area contributed by atoms with Gasteiger partial charge in [-0.3, -0.25) is 0 Å². The highest BCUT2D eigenvalue weighted by Crippen LogP contribution is 1.91. The maximum Gasteiger partial charge on any atom is 0.0500 e. The van der Waals surface area contributed by atoms with Gasteiger partial charge in [0.2, 0.25) is 0 Å². The summed E-state index contributed by atoms with van der Waals surface area (Å²) in [4.78, 5) is 0. The smallest absolute Gasteiger partial charge is 0.0500 e. The lowest BCUT2D eigenvalue weighted by molar-refractivity contribution is 0.139. The Morgan fingerprint density at radius 3 is 2.55 bits per heavy atom. The van der Waals surface area contributed by atoms with Crippen LogP contribution in [0.15, 0.2) is 12.2 Å². The first-order chi connectivity index (χ1) is 5.41. The molecular weight excluding hydrogens is 160 g/mol. The van der Waals surface area contributed by atoms with Crippen molar-refractivity contribution in [2.45, 2.75) is 26.2 Å². The molecule has 0 saturated carbocycles. The molecule has 0 aromatic heterocycles. The van der Waals surface area contributed by atoms with E-state index in [0.717, 1.165) is 32.5 Å². The molecule has 2 heteroatoms. The summed E-state index contributed by atoms with van der Waals surface area (Å²) in [5.74, 6) is 0.715. The summed E-state index contributed by atoms with van der Waals surface area (Å²) in [5.41, 5.74) is 0. The lowest BCUT2D eigenvalue weighted by atomic mass is 10.3. The zero-order valence-corrected chi connectivity index (χ0v) is 7.94. The highest BCUT2D eigenvalue weighted by Gasteiger charge is 1.82. The van der Waals surface area contributed by atoms with E-state index in [-0.39, 0.29) is 0 Å². The Kier molecular flexibility index (Phi) is 9.98. The minimum atomic E-state index is 0.715. The van der Waals surface area contributed by atoms with Gasteiger partial charge < -0.3 is 4.74 Å². The summed E-state index contributed by atoms with van der Waals surface area (Å²) in [6.07, 6.45) is 7.30. The normalized spacial score (nSPS) is 11.1. The predicted octanol–water partition coefficient (Wildman–Crippen LogP) is 2.99. The summed E-state index contributed by atoms with van der Waals surface area (Å²) >= 11 is 5.48. The molecule has 0 unspecified atom stereocenters. The Hall–Kier alpha value is -0.0100. The first kappa shape index (κ1) is 11.0. The molecule has 0 heterocycles. The highest BCUT2D eigenvalue weighted by molar-refractivity contribution is 6.17. The molecule has 0 aromatic carbocycles. The van der Waals surface area contributed by atoms with Crippen LogP contribution in [0.3, 0.4) is 0 Å². The van der Waals surface area contributed by atoms with Crippen molar-refractivity contribution in [2.24, 2.45) is 0 Å². The molecule has 0 fully saturated rings. The predicted molar refractivity (Wildman–Crippen MR) is 50.2 cm³/mol. The Labute approximate surface area is 74.4 Å². The Bertz CT molecular complexity index is 91.6. The number of hydrogen-bond acceptors (Lipinski definition) is 1. The molecular formula is C9H17ClO. The van der Waals surface area contributed by atoms with Crippen LogP contribution in [0.2, 0.25) is 0 Å². The minimum Gasteiger partial charge on any atom is -0.381 e. The minimum absolute atomic E-state index is 0.715. The third-order valence-corrected chi connectivity index (χ3v) is 1.44. The van der Waals surface area contributed by atoms with E-state index in [1.807, 2.05) is 0 Å². The van der Waals surface area contributed by atoms with E-state index in [1.165, 1.54) is 0 Å². The average molecular weight is 177 g/mol. The number of hydrogen-bond donors (Lipinski definition) is 0. The summed E-state index contributed by atoms with van der Waals surface area (Å²) in [7, 11) is 0. The molecule has 0 N–H and O–H groups in total. The molecule has 0 aliphatic rings. The van der Waals surface area contributed by atoms with E-state index in [0.29, 0.717) is 5.88 Å². The number of alkyl halides is 1. The van der Waals surface area contributed by atoms with Crippen molar-refractivity contribution in [3.05, 3.63) is 12.2 Å². The third kappa shape index (κ3) is 9.99. The number of halogens is 1. The van der Waals surface area contributed by atoms with Crippen molar-refractivity contribution >= 4 is 11.6 Å². The lowest BCUT2D eigenvalue weighted by Crippen LogP contribution is -1.93. The molecule has 11 heavy (non-hydrogen) atoms. The quantitative estimate of drug-likeness (QED) is 0.329. The molecule has 0 rings (SSSR count). The van der Waals surface area contributed by atoms with E-state index in [9.17, 15) is 0 Å². The van der Waals surface area contributed by atoms with E-state index >= 15 is 0 Å². The molecule has 0 bridgehead atoms. The second kappa shape index (κ2) is 9.99. The maximum absolute atomic E-state index is 5.48. The molecule has 0 atom stereocenters. The van der Waals surface area contributed by atoms with Crippen LogP contribution in [0.4, 0.5) is 0 Å². The molecule has 0 aliphatic carbocycles. The summed E-state index contributed by atoms with van der Waals surface area (Å²) < 4.78 is 5.28. The van der Waals surface area contributed by atoms with Gasteiger partial charge in [-0.25, -0.2) is 0 Å². The molecule has 0 radical (unpaired) electrons. The van der Waals surface area contributed by atoms with E-state index in [1.54, 1.807) is 0 Å². The van der Waals surface area contributed by atoms with Crippen molar-refractivity contribution in [3.8, 4) is 0 Å². The SMILES string of the molecule is CCCOCC/C=C/CCCl. The zero-order valence-electron chi connectivity index (χ0n) is 7.18. The molecule has 0 saturated heterocycles.